The standard InChI is InChI=1S/C13H19NO2/c1-10(11-6-3-4-8-14-11)12(15)13(2)7-5-9-16-13/h3-4,6,8,10,12,15H,5,7,9H2,1-2H3. The molecule has 1 aromatic heterocycles. The molecule has 3 atom stereocenters. The third-order valence-corrected chi connectivity index (χ3v) is 3.50. The molecule has 1 fully saturated rings. The lowest BCUT2D eigenvalue weighted by Gasteiger charge is -2.33. The number of pyridine rings is 1. The monoisotopic (exact) mass is 221 g/mol. The minimum atomic E-state index is -0.495. The Morgan fingerprint density at radius 3 is 2.88 bits per heavy atom. The van der Waals surface area contributed by atoms with Gasteiger partial charge in [0.25, 0.3) is 0 Å². The lowest BCUT2D eigenvalue weighted by atomic mass is 9.85. The molecule has 3 unspecified atom stereocenters. The highest BCUT2D eigenvalue weighted by atomic mass is 16.5. The van der Waals surface area contributed by atoms with Crippen molar-refractivity contribution in [1.82, 2.24) is 4.98 Å². The summed E-state index contributed by atoms with van der Waals surface area (Å²) in [6, 6.07) is 5.78. The van der Waals surface area contributed by atoms with Crippen molar-refractivity contribution in [2.75, 3.05) is 6.61 Å². The molecule has 0 aliphatic carbocycles. The first kappa shape index (κ1) is 11.6. The van der Waals surface area contributed by atoms with Crippen molar-refractivity contribution in [2.24, 2.45) is 0 Å². The summed E-state index contributed by atoms with van der Waals surface area (Å²) in [6.45, 7) is 4.74. The lowest BCUT2D eigenvalue weighted by molar-refractivity contribution is -0.0865. The Hall–Kier alpha value is -0.930. The maximum absolute atomic E-state index is 10.4. The third kappa shape index (κ3) is 2.11. The molecule has 0 amide bonds. The molecule has 1 aliphatic heterocycles. The minimum absolute atomic E-state index is 0.00398. The predicted octanol–water partition coefficient (Wildman–Crippen LogP) is 2.12. The van der Waals surface area contributed by atoms with Crippen LogP contribution >= 0.6 is 0 Å². The van der Waals surface area contributed by atoms with E-state index in [4.69, 9.17) is 4.74 Å². The summed E-state index contributed by atoms with van der Waals surface area (Å²) < 4.78 is 5.67. The van der Waals surface area contributed by atoms with Crippen molar-refractivity contribution in [2.45, 2.75) is 44.3 Å². The Bertz CT molecular complexity index is 333. The lowest BCUT2D eigenvalue weighted by Crippen LogP contribution is -2.42. The minimum Gasteiger partial charge on any atom is -0.389 e. The Kier molecular flexibility index (Phi) is 3.26. The van der Waals surface area contributed by atoms with Gasteiger partial charge in [0.15, 0.2) is 0 Å². The SMILES string of the molecule is CC(c1ccccn1)C(O)C1(C)CCCO1. The Morgan fingerprint density at radius 1 is 1.50 bits per heavy atom. The van der Waals surface area contributed by atoms with Crippen molar-refractivity contribution in [3.8, 4) is 0 Å². The van der Waals surface area contributed by atoms with Crippen LogP contribution in [0.15, 0.2) is 24.4 Å². The van der Waals surface area contributed by atoms with Crippen LogP contribution in [-0.4, -0.2) is 28.4 Å². The van der Waals surface area contributed by atoms with Gasteiger partial charge in [-0.3, -0.25) is 4.98 Å². The Morgan fingerprint density at radius 2 is 2.31 bits per heavy atom. The zero-order valence-corrected chi connectivity index (χ0v) is 9.89. The normalized spacial score (nSPS) is 28.9. The van der Waals surface area contributed by atoms with E-state index in [9.17, 15) is 5.11 Å². The molecule has 16 heavy (non-hydrogen) atoms. The summed E-state index contributed by atoms with van der Waals surface area (Å²) in [4.78, 5) is 4.29. The highest BCUT2D eigenvalue weighted by Crippen LogP contribution is 2.34. The van der Waals surface area contributed by atoms with E-state index in [0.717, 1.165) is 25.1 Å². The molecule has 1 aromatic rings. The maximum atomic E-state index is 10.4. The number of hydrogen-bond donors (Lipinski definition) is 1. The number of aliphatic hydroxyl groups is 1. The van der Waals surface area contributed by atoms with Gasteiger partial charge in [-0.15, -0.1) is 0 Å². The summed E-state index contributed by atoms with van der Waals surface area (Å²) in [5.41, 5.74) is 0.517. The van der Waals surface area contributed by atoms with Gasteiger partial charge in [0, 0.05) is 24.4 Å². The van der Waals surface area contributed by atoms with E-state index in [1.54, 1.807) is 6.20 Å². The van der Waals surface area contributed by atoms with Gasteiger partial charge in [-0.05, 0) is 31.9 Å². The van der Waals surface area contributed by atoms with Gasteiger partial charge in [0.05, 0.1) is 11.7 Å². The maximum Gasteiger partial charge on any atom is 0.0919 e. The van der Waals surface area contributed by atoms with Crippen molar-refractivity contribution >= 4 is 0 Å². The smallest absolute Gasteiger partial charge is 0.0919 e. The number of aromatic nitrogens is 1. The molecule has 2 heterocycles. The number of aliphatic hydroxyl groups excluding tert-OH is 1. The van der Waals surface area contributed by atoms with Crippen molar-refractivity contribution in [3.63, 3.8) is 0 Å². The molecular formula is C13H19NO2. The molecule has 3 nitrogen and oxygen atoms in total. The average Bonchev–Trinajstić information content (AvgIpc) is 2.77. The first-order chi connectivity index (χ1) is 7.63. The van der Waals surface area contributed by atoms with Gasteiger partial charge < -0.3 is 9.84 Å². The largest absolute Gasteiger partial charge is 0.389 e. The second-order valence-electron chi connectivity index (χ2n) is 4.75. The van der Waals surface area contributed by atoms with Gasteiger partial charge in [0.1, 0.15) is 0 Å². The fourth-order valence-electron chi connectivity index (χ4n) is 2.37. The van der Waals surface area contributed by atoms with Crippen LogP contribution in [0, 0.1) is 0 Å². The van der Waals surface area contributed by atoms with E-state index in [2.05, 4.69) is 4.98 Å². The molecule has 0 aromatic carbocycles. The molecule has 1 N–H and O–H groups in total. The highest BCUT2D eigenvalue weighted by molar-refractivity contribution is 5.12. The summed E-state index contributed by atoms with van der Waals surface area (Å²) >= 11 is 0. The molecule has 1 aliphatic rings. The van der Waals surface area contributed by atoms with Crippen LogP contribution in [0.5, 0.6) is 0 Å². The molecule has 88 valence electrons. The van der Waals surface area contributed by atoms with Crippen LogP contribution in [-0.2, 0) is 4.74 Å². The van der Waals surface area contributed by atoms with Crippen LogP contribution in [0.2, 0.25) is 0 Å². The van der Waals surface area contributed by atoms with E-state index in [1.807, 2.05) is 32.0 Å². The molecular weight excluding hydrogens is 202 g/mol. The predicted molar refractivity (Wildman–Crippen MR) is 62.2 cm³/mol. The molecule has 0 spiro atoms. The average molecular weight is 221 g/mol. The molecule has 0 saturated carbocycles. The fourth-order valence-corrected chi connectivity index (χ4v) is 2.37. The summed E-state index contributed by atoms with van der Waals surface area (Å²) in [6.07, 6.45) is 3.22. The summed E-state index contributed by atoms with van der Waals surface area (Å²) in [5, 5.41) is 10.4. The Balaban J connectivity index is 2.13. The molecule has 3 heteroatoms. The van der Waals surface area contributed by atoms with Crippen molar-refractivity contribution in [3.05, 3.63) is 30.1 Å². The van der Waals surface area contributed by atoms with E-state index < -0.39 is 11.7 Å². The second kappa shape index (κ2) is 4.52. The summed E-state index contributed by atoms with van der Waals surface area (Å²) in [5.74, 6) is 0.00398. The van der Waals surface area contributed by atoms with Gasteiger partial charge in [-0.1, -0.05) is 13.0 Å². The van der Waals surface area contributed by atoms with Crippen LogP contribution in [0.4, 0.5) is 0 Å². The second-order valence-corrected chi connectivity index (χ2v) is 4.75. The third-order valence-electron chi connectivity index (χ3n) is 3.50. The quantitative estimate of drug-likeness (QED) is 0.850. The zero-order valence-electron chi connectivity index (χ0n) is 9.89. The van der Waals surface area contributed by atoms with Gasteiger partial charge in [-0.25, -0.2) is 0 Å². The summed E-state index contributed by atoms with van der Waals surface area (Å²) in [7, 11) is 0. The molecule has 2 rings (SSSR count). The molecule has 1 saturated heterocycles. The van der Waals surface area contributed by atoms with Crippen LogP contribution in [0.1, 0.15) is 38.3 Å². The van der Waals surface area contributed by atoms with Gasteiger partial charge in [0.2, 0.25) is 0 Å². The van der Waals surface area contributed by atoms with Crippen molar-refractivity contribution < 1.29 is 9.84 Å². The molecule has 0 bridgehead atoms. The number of ether oxygens (including phenoxy) is 1. The van der Waals surface area contributed by atoms with Crippen LogP contribution in [0.3, 0.4) is 0 Å². The van der Waals surface area contributed by atoms with Gasteiger partial charge >= 0.3 is 0 Å². The van der Waals surface area contributed by atoms with E-state index >= 15 is 0 Å². The zero-order chi connectivity index (χ0) is 11.6. The first-order valence-electron chi connectivity index (χ1n) is 5.86. The van der Waals surface area contributed by atoms with Gasteiger partial charge in [-0.2, -0.15) is 0 Å². The van der Waals surface area contributed by atoms with Crippen LogP contribution < -0.4 is 0 Å². The number of hydrogen-bond acceptors (Lipinski definition) is 3. The van der Waals surface area contributed by atoms with Crippen LogP contribution in [0.25, 0.3) is 0 Å². The first-order valence-corrected chi connectivity index (χ1v) is 5.86. The topological polar surface area (TPSA) is 42.4 Å². The number of nitrogens with zero attached hydrogens (tertiary/aromatic N) is 1. The van der Waals surface area contributed by atoms with E-state index in [1.165, 1.54) is 0 Å². The highest BCUT2D eigenvalue weighted by Gasteiger charge is 2.40. The van der Waals surface area contributed by atoms with E-state index in [-0.39, 0.29) is 5.92 Å². The number of rotatable bonds is 3. The Labute approximate surface area is 96.5 Å². The van der Waals surface area contributed by atoms with E-state index in [0.29, 0.717) is 0 Å². The van der Waals surface area contributed by atoms with Crippen molar-refractivity contribution in [1.29, 1.82) is 0 Å². The molecule has 0 radical (unpaired) electrons. The fraction of sp³-hybridized carbons (Fsp3) is 0.615.